The van der Waals surface area contributed by atoms with Crippen LogP contribution in [0.4, 0.5) is 5.82 Å². The maximum atomic E-state index is 10.3. The molecular weight excluding hydrogens is 362 g/mol. The van der Waals surface area contributed by atoms with Crippen LogP contribution in [0.3, 0.4) is 0 Å². The lowest BCUT2D eigenvalue weighted by molar-refractivity contribution is 0.332. The molecule has 148 valence electrons. The molecule has 6 nitrogen and oxygen atoms in total. The summed E-state index contributed by atoms with van der Waals surface area (Å²) >= 11 is 0. The minimum Gasteiger partial charge on any atom is -0.507 e. The van der Waals surface area contributed by atoms with E-state index in [0.29, 0.717) is 11.4 Å². The first-order chi connectivity index (χ1) is 14.0. The van der Waals surface area contributed by atoms with Crippen molar-refractivity contribution in [1.82, 2.24) is 19.9 Å². The van der Waals surface area contributed by atoms with E-state index in [1.54, 1.807) is 6.07 Å². The maximum absolute atomic E-state index is 10.3. The summed E-state index contributed by atoms with van der Waals surface area (Å²) in [6, 6.07) is 9.29. The number of benzene rings is 1. The first kappa shape index (κ1) is 18.0. The molecule has 2 aliphatic rings. The van der Waals surface area contributed by atoms with Crippen molar-refractivity contribution < 1.29 is 5.11 Å². The van der Waals surface area contributed by atoms with Gasteiger partial charge in [0.1, 0.15) is 17.4 Å². The zero-order chi connectivity index (χ0) is 20.0. The summed E-state index contributed by atoms with van der Waals surface area (Å²) in [7, 11) is 0. The first-order valence-electron chi connectivity index (χ1n) is 10.3. The highest BCUT2D eigenvalue weighted by molar-refractivity contribution is 5.65. The molecule has 3 heterocycles. The van der Waals surface area contributed by atoms with Crippen LogP contribution in [0.1, 0.15) is 42.0 Å². The van der Waals surface area contributed by atoms with Crippen molar-refractivity contribution in [2.45, 2.75) is 44.9 Å². The van der Waals surface area contributed by atoms with Crippen LogP contribution in [0.25, 0.3) is 11.4 Å². The van der Waals surface area contributed by atoms with Crippen LogP contribution in [-0.4, -0.2) is 38.1 Å². The number of fused-ring (bicyclic) bond motifs is 2. The van der Waals surface area contributed by atoms with Gasteiger partial charge in [-0.05, 0) is 57.2 Å². The lowest BCUT2D eigenvalue weighted by Gasteiger charge is -2.41. The zero-order valence-electron chi connectivity index (χ0n) is 16.9. The second kappa shape index (κ2) is 6.79. The van der Waals surface area contributed by atoms with E-state index in [0.717, 1.165) is 56.1 Å². The van der Waals surface area contributed by atoms with Gasteiger partial charge in [0.05, 0.1) is 11.3 Å². The lowest BCUT2D eigenvalue weighted by Crippen LogP contribution is -2.46. The molecule has 5 rings (SSSR count). The van der Waals surface area contributed by atoms with E-state index in [4.69, 9.17) is 9.97 Å². The molecule has 1 aromatic carbocycles. The average Bonchev–Trinajstić information content (AvgIpc) is 3.05. The molecule has 1 saturated heterocycles. The Hall–Kier alpha value is -3.02. The molecule has 0 radical (unpaired) electrons. The molecular formula is C23H25N5O. The second-order valence-electron chi connectivity index (χ2n) is 8.30. The Balaban J connectivity index is 1.51. The standard InChI is InChI=1S/C23H25N5O/c1-15-12-20(27-22(25-15)18-6-3-4-7-19(18)29)28-11-5-9-23(14-28)10-8-17-13-24-16(2)26-21(17)23/h3-4,6-7,12-13,29H,5,8-11,14H2,1-2H3. The van der Waals surface area contributed by atoms with Gasteiger partial charge in [-0.15, -0.1) is 0 Å². The van der Waals surface area contributed by atoms with Crippen molar-refractivity contribution >= 4 is 5.82 Å². The van der Waals surface area contributed by atoms with Gasteiger partial charge in [0.2, 0.25) is 0 Å². The van der Waals surface area contributed by atoms with Gasteiger partial charge >= 0.3 is 0 Å². The molecule has 29 heavy (non-hydrogen) atoms. The Morgan fingerprint density at radius 1 is 1.07 bits per heavy atom. The number of aryl methyl sites for hydroxylation is 3. The third-order valence-corrected chi connectivity index (χ3v) is 6.25. The van der Waals surface area contributed by atoms with E-state index in [-0.39, 0.29) is 11.2 Å². The molecule has 1 fully saturated rings. The molecule has 2 aromatic heterocycles. The second-order valence-corrected chi connectivity index (χ2v) is 8.30. The Morgan fingerprint density at radius 3 is 2.79 bits per heavy atom. The summed E-state index contributed by atoms with van der Waals surface area (Å²) in [6.07, 6.45) is 6.44. The van der Waals surface area contributed by atoms with Crippen molar-refractivity contribution in [3.8, 4) is 17.1 Å². The van der Waals surface area contributed by atoms with E-state index in [9.17, 15) is 5.11 Å². The van der Waals surface area contributed by atoms with Crippen LogP contribution in [-0.2, 0) is 11.8 Å². The molecule has 1 unspecified atom stereocenters. The maximum Gasteiger partial charge on any atom is 0.165 e. The third kappa shape index (κ3) is 3.12. The quantitative estimate of drug-likeness (QED) is 0.722. The number of rotatable bonds is 2. The molecule has 3 aromatic rings. The molecule has 1 atom stereocenters. The highest BCUT2D eigenvalue weighted by Gasteiger charge is 2.44. The number of para-hydroxylation sites is 1. The molecule has 0 amide bonds. The molecule has 1 aliphatic heterocycles. The first-order valence-corrected chi connectivity index (χ1v) is 10.3. The number of hydrogen-bond donors (Lipinski definition) is 1. The van der Waals surface area contributed by atoms with E-state index in [1.165, 1.54) is 11.3 Å². The minimum absolute atomic E-state index is 0.0786. The molecule has 1 spiro atoms. The van der Waals surface area contributed by atoms with E-state index < -0.39 is 0 Å². The van der Waals surface area contributed by atoms with Crippen molar-refractivity contribution in [2.75, 3.05) is 18.0 Å². The van der Waals surface area contributed by atoms with E-state index in [2.05, 4.69) is 14.9 Å². The highest BCUT2D eigenvalue weighted by Crippen LogP contribution is 2.44. The van der Waals surface area contributed by atoms with Gasteiger partial charge in [0, 0.05) is 36.5 Å². The number of piperidine rings is 1. The number of aromatic nitrogens is 4. The van der Waals surface area contributed by atoms with E-state index in [1.807, 2.05) is 44.3 Å². The lowest BCUT2D eigenvalue weighted by atomic mass is 9.77. The monoisotopic (exact) mass is 387 g/mol. The average molecular weight is 387 g/mol. The summed E-state index contributed by atoms with van der Waals surface area (Å²) in [5.41, 5.74) is 4.18. The van der Waals surface area contributed by atoms with Crippen molar-refractivity contribution in [3.63, 3.8) is 0 Å². The number of phenols is 1. The minimum atomic E-state index is 0.0786. The molecule has 0 bridgehead atoms. The topological polar surface area (TPSA) is 75.0 Å². The van der Waals surface area contributed by atoms with Gasteiger partial charge in [-0.1, -0.05) is 12.1 Å². The molecule has 6 heteroatoms. The fraction of sp³-hybridized carbons (Fsp3) is 0.391. The Morgan fingerprint density at radius 2 is 1.93 bits per heavy atom. The molecule has 1 N–H and O–H groups in total. The molecule has 1 aliphatic carbocycles. The van der Waals surface area contributed by atoms with Gasteiger partial charge in [0.15, 0.2) is 5.82 Å². The third-order valence-electron chi connectivity index (χ3n) is 6.25. The van der Waals surface area contributed by atoms with Crippen molar-refractivity contribution in [2.24, 2.45) is 0 Å². The fourth-order valence-electron chi connectivity index (χ4n) is 4.85. The Labute approximate surface area is 170 Å². The summed E-state index contributed by atoms with van der Waals surface area (Å²) in [6.45, 7) is 5.83. The van der Waals surface area contributed by atoms with Crippen LogP contribution < -0.4 is 4.90 Å². The van der Waals surface area contributed by atoms with Crippen molar-refractivity contribution in [1.29, 1.82) is 0 Å². The Kier molecular flexibility index (Phi) is 4.23. The van der Waals surface area contributed by atoms with Crippen molar-refractivity contribution in [3.05, 3.63) is 59.3 Å². The number of phenolic OH excluding ortho intramolecular Hbond substituents is 1. The van der Waals surface area contributed by atoms with Gasteiger partial charge in [-0.25, -0.2) is 19.9 Å². The van der Waals surface area contributed by atoms with E-state index >= 15 is 0 Å². The summed E-state index contributed by atoms with van der Waals surface area (Å²) < 4.78 is 0. The SMILES string of the molecule is Cc1cc(N2CCCC3(CCc4cnc(C)nc43)C2)nc(-c2ccccc2O)n1. The fourth-order valence-corrected chi connectivity index (χ4v) is 4.85. The number of aromatic hydroxyl groups is 1. The number of hydrogen-bond acceptors (Lipinski definition) is 6. The summed E-state index contributed by atoms with van der Waals surface area (Å²) in [4.78, 5) is 21.0. The van der Waals surface area contributed by atoms with Crippen LogP contribution in [0.5, 0.6) is 5.75 Å². The predicted molar refractivity (Wildman–Crippen MR) is 112 cm³/mol. The van der Waals surface area contributed by atoms with Crippen LogP contribution in [0.2, 0.25) is 0 Å². The number of nitrogens with zero attached hydrogens (tertiary/aromatic N) is 5. The molecule has 0 saturated carbocycles. The predicted octanol–water partition coefficient (Wildman–Crippen LogP) is 3.74. The van der Waals surface area contributed by atoms with Gasteiger partial charge in [0.25, 0.3) is 0 Å². The van der Waals surface area contributed by atoms with Gasteiger partial charge < -0.3 is 10.0 Å². The van der Waals surface area contributed by atoms with Crippen LogP contribution in [0.15, 0.2) is 36.5 Å². The largest absolute Gasteiger partial charge is 0.507 e. The van der Waals surface area contributed by atoms with Crippen LogP contribution >= 0.6 is 0 Å². The van der Waals surface area contributed by atoms with Gasteiger partial charge in [-0.3, -0.25) is 0 Å². The smallest absolute Gasteiger partial charge is 0.165 e. The normalized spacial score (nSPS) is 20.8. The summed E-state index contributed by atoms with van der Waals surface area (Å²) in [5, 5.41) is 10.3. The zero-order valence-corrected chi connectivity index (χ0v) is 16.9. The highest BCUT2D eigenvalue weighted by atomic mass is 16.3. The summed E-state index contributed by atoms with van der Waals surface area (Å²) in [5.74, 6) is 2.55. The van der Waals surface area contributed by atoms with Gasteiger partial charge in [-0.2, -0.15) is 0 Å². The van der Waals surface area contributed by atoms with Crippen LogP contribution in [0, 0.1) is 13.8 Å². The Bertz CT molecular complexity index is 1080. The number of anilines is 1.